The van der Waals surface area contributed by atoms with E-state index in [9.17, 15) is 17.6 Å². The standard InChI is InChI=1S/C14H10Cl2FN3O3S/c15-11-5-10(6-18-13(11)16)24(22,23)19-12-7-20(14(12)21)9-3-1-8(17)2-4-9/h1-6,12,19H,7H2/t12-/m0/s1. The Labute approximate surface area is 147 Å². The molecule has 6 nitrogen and oxygen atoms in total. The number of benzene rings is 1. The number of hydrogen-bond acceptors (Lipinski definition) is 4. The van der Waals surface area contributed by atoms with E-state index >= 15 is 0 Å². The second kappa shape index (κ2) is 6.29. The fourth-order valence-electron chi connectivity index (χ4n) is 2.17. The molecule has 1 saturated heterocycles. The van der Waals surface area contributed by atoms with Gasteiger partial charge in [0.2, 0.25) is 15.9 Å². The highest BCUT2D eigenvalue weighted by Gasteiger charge is 2.40. The van der Waals surface area contributed by atoms with Gasteiger partial charge in [0, 0.05) is 11.9 Å². The van der Waals surface area contributed by atoms with Gasteiger partial charge in [0.25, 0.3) is 0 Å². The molecule has 2 aromatic rings. The zero-order valence-electron chi connectivity index (χ0n) is 11.9. The van der Waals surface area contributed by atoms with Crippen LogP contribution < -0.4 is 9.62 Å². The molecule has 1 aliphatic heterocycles. The SMILES string of the molecule is O=C1[C@@H](NS(=O)(=O)c2cnc(Cl)c(Cl)c2)CN1c1ccc(F)cc1. The van der Waals surface area contributed by atoms with Crippen molar-refractivity contribution in [1.82, 2.24) is 9.71 Å². The van der Waals surface area contributed by atoms with E-state index in [1.807, 2.05) is 0 Å². The summed E-state index contributed by atoms with van der Waals surface area (Å²) in [5, 5.41) is -0.0229. The van der Waals surface area contributed by atoms with Crippen molar-refractivity contribution in [1.29, 1.82) is 0 Å². The first kappa shape index (κ1) is 17.1. The molecule has 0 saturated carbocycles. The Morgan fingerprint density at radius 2 is 1.92 bits per heavy atom. The normalized spacial score (nSPS) is 17.7. The molecular formula is C14H10Cl2FN3O3S. The van der Waals surface area contributed by atoms with Gasteiger partial charge in [-0.3, -0.25) is 4.79 Å². The van der Waals surface area contributed by atoms with Gasteiger partial charge in [-0.1, -0.05) is 23.2 Å². The van der Waals surface area contributed by atoms with Crippen LogP contribution in [-0.4, -0.2) is 31.9 Å². The van der Waals surface area contributed by atoms with Crippen LogP contribution in [0.15, 0.2) is 41.4 Å². The number of nitrogens with one attached hydrogen (secondary N) is 1. The average Bonchev–Trinajstić information content (AvgIpc) is 2.54. The number of sulfonamides is 1. The number of carbonyl (C=O) groups excluding carboxylic acids is 1. The second-order valence-corrected chi connectivity index (χ2v) is 7.52. The first-order chi connectivity index (χ1) is 11.3. The molecule has 1 fully saturated rings. The molecule has 0 spiro atoms. The quantitative estimate of drug-likeness (QED) is 0.642. The van der Waals surface area contributed by atoms with Crippen LogP contribution in [0.4, 0.5) is 10.1 Å². The van der Waals surface area contributed by atoms with E-state index in [0.717, 1.165) is 12.3 Å². The number of halogens is 3. The van der Waals surface area contributed by atoms with Crippen LogP contribution in [0.1, 0.15) is 0 Å². The maximum absolute atomic E-state index is 12.9. The molecule has 0 unspecified atom stereocenters. The summed E-state index contributed by atoms with van der Waals surface area (Å²) >= 11 is 11.4. The van der Waals surface area contributed by atoms with E-state index in [1.54, 1.807) is 0 Å². The maximum Gasteiger partial charge on any atom is 0.247 e. The van der Waals surface area contributed by atoms with Gasteiger partial charge in [-0.05, 0) is 30.3 Å². The molecule has 2 heterocycles. The molecule has 1 atom stereocenters. The largest absolute Gasteiger partial charge is 0.309 e. The summed E-state index contributed by atoms with van der Waals surface area (Å²) in [6.45, 7) is 0.137. The number of β-lactam (4-membered cyclic amide) rings is 1. The molecule has 3 rings (SSSR count). The van der Waals surface area contributed by atoms with Crippen LogP contribution >= 0.6 is 23.2 Å². The molecule has 1 aliphatic rings. The number of pyridine rings is 1. The molecule has 1 aromatic carbocycles. The van der Waals surface area contributed by atoms with Gasteiger partial charge in [0.05, 0.1) is 11.6 Å². The van der Waals surface area contributed by atoms with Gasteiger partial charge >= 0.3 is 0 Å². The van der Waals surface area contributed by atoms with Crippen LogP contribution in [0.2, 0.25) is 10.2 Å². The van der Waals surface area contributed by atoms with Crippen molar-refractivity contribution in [3.63, 3.8) is 0 Å². The topological polar surface area (TPSA) is 79.4 Å². The smallest absolute Gasteiger partial charge is 0.247 e. The van der Waals surface area contributed by atoms with Crippen molar-refractivity contribution in [2.24, 2.45) is 0 Å². The van der Waals surface area contributed by atoms with Gasteiger partial charge in [-0.15, -0.1) is 0 Å². The Morgan fingerprint density at radius 1 is 1.25 bits per heavy atom. The Bertz CT molecular complexity index is 906. The Balaban J connectivity index is 1.72. The number of amides is 1. The van der Waals surface area contributed by atoms with Gasteiger partial charge in [0.1, 0.15) is 21.9 Å². The van der Waals surface area contributed by atoms with E-state index in [1.165, 1.54) is 29.2 Å². The number of hydrogen-bond donors (Lipinski definition) is 1. The number of aromatic nitrogens is 1. The van der Waals surface area contributed by atoms with E-state index in [4.69, 9.17) is 23.2 Å². The highest BCUT2D eigenvalue weighted by Crippen LogP contribution is 2.25. The van der Waals surface area contributed by atoms with Crippen molar-refractivity contribution < 1.29 is 17.6 Å². The molecule has 126 valence electrons. The van der Waals surface area contributed by atoms with Crippen molar-refractivity contribution >= 4 is 44.8 Å². The predicted molar refractivity (Wildman–Crippen MR) is 87.1 cm³/mol. The third-order valence-corrected chi connectivity index (χ3v) is 5.57. The molecule has 1 aromatic heterocycles. The fraction of sp³-hybridized carbons (Fsp3) is 0.143. The maximum atomic E-state index is 12.9. The number of anilines is 1. The molecule has 1 amide bonds. The van der Waals surface area contributed by atoms with Crippen molar-refractivity contribution in [2.75, 3.05) is 11.4 Å². The van der Waals surface area contributed by atoms with E-state index in [-0.39, 0.29) is 21.6 Å². The van der Waals surface area contributed by atoms with Gasteiger partial charge < -0.3 is 4.90 Å². The Morgan fingerprint density at radius 3 is 2.50 bits per heavy atom. The lowest BCUT2D eigenvalue weighted by atomic mass is 10.1. The number of rotatable bonds is 4. The summed E-state index contributed by atoms with van der Waals surface area (Å²) < 4.78 is 39.7. The van der Waals surface area contributed by atoms with E-state index < -0.39 is 27.8 Å². The van der Waals surface area contributed by atoms with Crippen LogP contribution in [0.5, 0.6) is 0 Å². The molecule has 10 heteroatoms. The minimum Gasteiger partial charge on any atom is -0.309 e. The van der Waals surface area contributed by atoms with Crippen molar-refractivity contribution in [3.8, 4) is 0 Å². The number of carbonyl (C=O) groups is 1. The van der Waals surface area contributed by atoms with Crippen LogP contribution in [0.3, 0.4) is 0 Å². The van der Waals surface area contributed by atoms with Crippen LogP contribution in [0.25, 0.3) is 0 Å². The van der Waals surface area contributed by atoms with Crippen LogP contribution in [-0.2, 0) is 14.8 Å². The van der Waals surface area contributed by atoms with Crippen LogP contribution in [0, 0.1) is 5.82 Å². The Hall–Kier alpha value is -1.74. The Kier molecular flexibility index (Phi) is 4.48. The highest BCUT2D eigenvalue weighted by atomic mass is 35.5. The lowest BCUT2D eigenvalue weighted by Gasteiger charge is -2.38. The zero-order valence-corrected chi connectivity index (χ0v) is 14.2. The minimum absolute atomic E-state index is 0.00702. The lowest BCUT2D eigenvalue weighted by molar-refractivity contribution is -0.124. The lowest BCUT2D eigenvalue weighted by Crippen LogP contribution is -2.64. The summed E-state index contributed by atoms with van der Waals surface area (Å²) in [7, 11) is -3.97. The zero-order chi connectivity index (χ0) is 17.5. The summed E-state index contributed by atoms with van der Waals surface area (Å²) in [6, 6.07) is 5.58. The molecule has 0 radical (unpaired) electrons. The minimum atomic E-state index is -3.97. The third kappa shape index (κ3) is 3.23. The van der Waals surface area contributed by atoms with Crippen molar-refractivity contribution in [3.05, 3.63) is 52.5 Å². The molecule has 24 heavy (non-hydrogen) atoms. The predicted octanol–water partition coefficient (Wildman–Crippen LogP) is 2.22. The summed E-state index contributed by atoms with van der Waals surface area (Å²) in [6.07, 6.45) is 1.05. The fourth-order valence-corrected chi connectivity index (χ4v) is 3.66. The molecule has 1 N–H and O–H groups in total. The van der Waals surface area contributed by atoms with Gasteiger partial charge in [0.15, 0.2) is 0 Å². The van der Waals surface area contributed by atoms with E-state index in [0.29, 0.717) is 5.69 Å². The summed E-state index contributed by atoms with van der Waals surface area (Å²) in [5.74, 6) is -0.853. The summed E-state index contributed by atoms with van der Waals surface area (Å²) in [4.78, 5) is 16.9. The van der Waals surface area contributed by atoms with Crippen molar-refractivity contribution in [2.45, 2.75) is 10.9 Å². The monoisotopic (exact) mass is 389 g/mol. The molecule has 0 bridgehead atoms. The first-order valence-corrected chi connectivity index (χ1v) is 8.92. The second-order valence-electron chi connectivity index (χ2n) is 5.04. The molecule has 0 aliphatic carbocycles. The first-order valence-electron chi connectivity index (χ1n) is 6.68. The third-order valence-electron chi connectivity index (χ3n) is 3.45. The van der Waals surface area contributed by atoms with Gasteiger partial charge in [-0.2, -0.15) is 4.72 Å². The van der Waals surface area contributed by atoms with Gasteiger partial charge in [-0.25, -0.2) is 17.8 Å². The molecular weight excluding hydrogens is 380 g/mol. The average molecular weight is 390 g/mol. The highest BCUT2D eigenvalue weighted by molar-refractivity contribution is 7.89. The summed E-state index contributed by atoms with van der Waals surface area (Å²) in [5.41, 5.74) is 0.494. The number of nitrogens with zero attached hydrogens (tertiary/aromatic N) is 2. The van der Waals surface area contributed by atoms with E-state index in [2.05, 4.69) is 9.71 Å².